The Kier molecular flexibility index (Phi) is 5.35. The van der Waals surface area contributed by atoms with E-state index in [1.807, 2.05) is 0 Å². The lowest BCUT2D eigenvalue weighted by atomic mass is 10.3. The third-order valence-corrected chi connectivity index (χ3v) is 3.51. The van der Waals surface area contributed by atoms with Gasteiger partial charge in [-0.3, -0.25) is 9.69 Å². The molecule has 1 aliphatic rings. The molecular formula is C14H21N3O4. The summed E-state index contributed by atoms with van der Waals surface area (Å²) in [6.45, 7) is 4.39. The SMILES string of the molecule is CN1CCCN(CC(=O)NCc2ccc(C(=O)O)o2)CC1. The molecule has 0 bridgehead atoms. The zero-order chi connectivity index (χ0) is 15.2. The van der Waals surface area contributed by atoms with Gasteiger partial charge < -0.3 is 19.7 Å². The van der Waals surface area contributed by atoms with Gasteiger partial charge in [0.1, 0.15) is 5.76 Å². The number of aromatic carboxylic acids is 1. The van der Waals surface area contributed by atoms with Gasteiger partial charge in [0.15, 0.2) is 0 Å². The number of carboxylic acids is 1. The molecule has 7 nitrogen and oxygen atoms in total. The van der Waals surface area contributed by atoms with E-state index in [9.17, 15) is 9.59 Å². The average Bonchev–Trinajstić information content (AvgIpc) is 2.83. The zero-order valence-electron chi connectivity index (χ0n) is 12.2. The van der Waals surface area contributed by atoms with E-state index in [0.29, 0.717) is 12.3 Å². The molecule has 116 valence electrons. The largest absolute Gasteiger partial charge is 0.475 e. The minimum atomic E-state index is -1.11. The molecule has 0 atom stereocenters. The predicted molar refractivity (Wildman–Crippen MR) is 76.1 cm³/mol. The highest BCUT2D eigenvalue weighted by atomic mass is 16.4. The second-order valence-electron chi connectivity index (χ2n) is 5.28. The fraction of sp³-hybridized carbons (Fsp3) is 0.571. The van der Waals surface area contributed by atoms with Gasteiger partial charge in [-0.25, -0.2) is 4.79 Å². The second kappa shape index (κ2) is 7.24. The maximum Gasteiger partial charge on any atom is 0.371 e. The molecule has 0 saturated carbocycles. The molecule has 0 unspecified atom stereocenters. The lowest BCUT2D eigenvalue weighted by Gasteiger charge is -2.19. The molecule has 2 heterocycles. The van der Waals surface area contributed by atoms with Crippen LogP contribution in [0.1, 0.15) is 22.7 Å². The van der Waals surface area contributed by atoms with Gasteiger partial charge in [-0.15, -0.1) is 0 Å². The lowest BCUT2D eigenvalue weighted by molar-refractivity contribution is -0.122. The second-order valence-corrected chi connectivity index (χ2v) is 5.28. The summed E-state index contributed by atoms with van der Waals surface area (Å²) in [4.78, 5) is 27.0. The number of carboxylic acid groups (broad SMARTS) is 1. The van der Waals surface area contributed by atoms with Crippen molar-refractivity contribution in [2.75, 3.05) is 39.8 Å². The summed E-state index contributed by atoms with van der Waals surface area (Å²) in [5.41, 5.74) is 0. The maximum atomic E-state index is 11.9. The predicted octanol–water partition coefficient (Wildman–Crippen LogP) is 0.232. The van der Waals surface area contributed by atoms with Crippen LogP contribution in [0, 0.1) is 0 Å². The fourth-order valence-electron chi connectivity index (χ4n) is 2.29. The van der Waals surface area contributed by atoms with Crippen LogP contribution in [0.4, 0.5) is 0 Å². The molecule has 7 heteroatoms. The van der Waals surface area contributed by atoms with Crippen molar-refractivity contribution in [3.63, 3.8) is 0 Å². The fourth-order valence-corrected chi connectivity index (χ4v) is 2.29. The van der Waals surface area contributed by atoms with Crippen LogP contribution in [-0.4, -0.2) is 66.6 Å². The summed E-state index contributed by atoms with van der Waals surface area (Å²) in [5, 5.41) is 11.5. The molecule has 21 heavy (non-hydrogen) atoms. The van der Waals surface area contributed by atoms with E-state index in [4.69, 9.17) is 9.52 Å². The van der Waals surface area contributed by atoms with E-state index in [0.717, 1.165) is 32.6 Å². The van der Waals surface area contributed by atoms with E-state index in [1.165, 1.54) is 6.07 Å². The monoisotopic (exact) mass is 295 g/mol. The number of rotatable bonds is 5. The lowest BCUT2D eigenvalue weighted by Crippen LogP contribution is -2.38. The van der Waals surface area contributed by atoms with Crippen molar-refractivity contribution in [2.45, 2.75) is 13.0 Å². The Hall–Kier alpha value is -1.86. The molecule has 2 N–H and O–H groups in total. The Morgan fingerprint density at radius 2 is 2.10 bits per heavy atom. The maximum absolute atomic E-state index is 11.9. The topological polar surface area (TPSA) is 86.0 Å². The first-order valence-corrected chi connectivity index (χ1v) is 7.04. The van der Waals surface area contributed by atoms with Crippen LogP contribution >= 0.6 is 0 Å². The smallest absolute Gasteiger partial charge is 0.371 e. The zero-order valence-corrected chi connectivity index (χ0v) is 12.2. The van der Waals surface area contributed by atoms with Gasteiger partial charge in [0.25, 0.3) is 0 Å². The van der Waals surface area contributed by atoms with Gasteiger partial charge in [-0.2, -0.15) is 0 Å². The van der Waals surface area contributed by atoms with Crippen LogP contribution in [0.2, 0.25) is 0 Å². The van der Waals surface area contributed by atoms with Crippen LogP contribution in [0.25, 0.3) is 0 Å². The molecule has 1 saturated heterocycles. The van der Waals surface area contributed by atoms with Crippen LogP contribution < -0.4 is 5.32 Å². The quantitative estimate of drug-likeness (QED) is 0.809. The number of nitrogens with zero attached hydrogens (tertiary/aromatic N) is 2. The Morgan fingerprint density at radius 3 is 2.81 bits per heavy atom. The summed E-state index contributed by atoms with van der Waals surface area (Å²) in [5.74, 6) is -0.861. The molecule has 0 spiro atoms. The number of furan rings is 1. The van der Waals surface area contributed by atoms with Crippen molar-refractivity contribution in [2.24, 2.45) is 0 Å². The first-order valence-electron chi connectivity index (χ1n) is 7.04. The molecular weight excluding hydrogens is 274 g/mol. The number of amides is 1. The minimum absolute atomic E-state index is 0.0761. The molecule has 0 radical (unpaired) electrons. The summed E-state index contributed by atoms with van der Waals surface area (Å²) >= 11 is 0. The summed E-state index contributed by atoms with van der Waals surface area (Å²) < 4.78 is 5.08. The third-order valence-electron chi connectivity index (χ3n) is 3.51. The van der Waals surface area contributed by atoms with Crippen LogP contribution in [-0.2, 0) is 11.3 Å². The van der Waals surface area contributed by atoms with Gasteiger partial charge in [0, 0.05) is 13.1 Å². The standard InChI is InChI=1S/C14H21N3O4/c1-16-5-2-6-17(8-7-16)10-13(18)15-9-11-3-4-12(21-11)14(19)20/h3-4H,2,5-10H2,1H3,(H,15,18)(H,19,20). The molecule has 1 aliphatic heterocycles. The van der Waals surface area contributed by atoms with Crippen LogP contribution in [0.5, 0.6) is 0 Å². The number of carbonyl (C=O) groups is 2. The van der Waals surface area contributed by atoms with E-state index in [1.54, 1.807) is 6.07 Å². The molecule has 1 amide bonds. The van der Waals surface area contributed by atoms with E-state index < -0.39 is 5.97 Å². The van der Waals surface area contributed by atoms with Gasteiger partial charge in [-0.05, 0) is 38.7 Å². The minimum Gasteiger partial charge on any atom is -0.475 e. The highest BCUT2D eigenvalue weighted by Gasteiger charge is 2.15. The van der Waals surface area contributed by atoms with Crippen LogP contribution in [0.3, 0.4) is 0 Å². The first kappa shape index (κ1) is 15.5. The molecule has 0 aromatic carbocycles. The van der Waals surface area contributed by atoms with Crippen molar-refractivity contribution in [3.8, 4) is 0 Å². The third kappa shape index (κ3) is 4.87. The van der Waals surface area contributed by atoms with Crippen molar-refractivity contribution in [1.82, 2.24) is 15.1 Å². The van der Waals surface area contributed by atoms with Crippen LogP contribution in [0.15, 0.2) is 16.5 Å². The van der Waals surface area contributed by atoms with Crippen molar-refractivity contribution in [1.29, 1.82) is 0 Å². The number of carbonyl (C=O) groups excluding carboxylic acids is 1. The molecule has 1 fully saturated rings. The molecule has 1 aromatic heterocycles. The Labute approximate surface area is 123 Å². The Morgan fingerprint density at radius 1 is 1.29 bits per heavy atom. The van der Waals surface area contributed by atoms with Gasteiger partial charge in [-0.1, -0.05) is 0 Å². The molecule has 0 aliphatic carbocycles. The van der Waals surface area contributed by atoms with Gasteiger partial charge in [0.05, 0.1) is 13.1 Å². The first-order chi connectivity index (χ1) is 10.0. The van der Waals surface area contributed by atoms with E-state index in [-0.39, 0.29) is 18.2 Å². The van der Waals surface area contributed by atoms with E-state index in [2.05, 4.69) is 22.2 Å². The molecule has 2 rings (SSSR count). The highest BCUT2D eigenvalue weighted by molar-refractivity contribution is 5.84. The van der Waals surface area contributed by atoms with Gasteiger partial charge in [0.2, 0.25) is 11.7 Å². The molecule has 1 aromatic rings. The Balaban J connectivity index is 1.75. The number of hydrogen-bond donors (Lipinski definition) is 2. The highest BCUT2D eigenvalue weighted by Crippen LogP contribution is 2.07. The summed E-state index contributed by atoms with van der Waals surface area (Å²) in [7, 11) is 2.08. The number of hydrogen-bond acceptors (Lipinski definition) is 5. The summed E-state index contributed by atoms with van der Waals surface area (Å²) in [6, 6.07) is 2.94. The van der Waals surface area contributed by atoms with Crippen molar-refractivity contribution in [3.05, 3.63) is 23.7 Å². The van der Waals surface area contributed by atoms with Crippen molar-refractivity contribution >= 4 is 11.9 Å². The average molecular weight is 295 g/mol. The summed E-state index contributed by atoms with van der Waals surface area (Å²) in [6.07, 6.45) is 1.06. The Bertz CT molecular complexity index is 500. The van der Waals surface area contributed by atoms with E-state index >= 15 is 0 Å². The number of likely N-dealkylation sites (N-methyl/N-ethyl adjacent to an activating group) is 1. The van der Waals surface area contributed by atoms with Gasteiger partial charge >= 0.3 is 5.97 Å². The normalized spacial score (nSPS) is 17.4. The number of nitrogens with one attached hydrogen (secondary N) is 1. The van der Waals surface area contributed by atoms with Crippen molar-refractivity contribution < 1.29 is 19.1 Å².